The molecule has 1 saturated heterocycles. The number of nitrogens with zero attached hydrogens (tertiary/aromatic N) is 2. The highest BCUT2D eigenvalue weighted by atomic mass is 16.6. The summed E-state index contributed by atoms with van der Waals surface area (Å²) < 4.78 is 10.3. The largest absolute Gasteiger partial charge is 0.445 e. The number of hydrogen-bond acceptors (Lipinski definition) is 5. The van der Waals surface area contributed by atoms with E-state index in [1.54, 1.807) is 4.90 Å². The van der Waals surface area contributed by atoms with Gasteiger partial charge in [0.2, 0.25) is 5.89 Å². The van der Waals surface area contributed by atoms with Crippen LogP contribution in [0, 0.1) is 11.8 Å². The molecule has 0 spiro atoms. The number of nitrogens with one attached hydrogen (secondary N) is 1. The molecular weight excluding hydrogens is 274 g/mol. The first-order valence-electron chi connectivity index (χ1n) is 7.25. The zero-order valence-corrected chi connectivity index (χ0v) is 12.0. The molecule has 3 rings (SSSR count). The van der Waals surface area contributed by atoms with Crippen LogP contribution in [0.25, 0.3) is 0 Å². The summed E-state index contributed by atoms with van der Waals surface area (Å²) in [5.41, 5.74) is 0.180. The summed E-state index contributed by atoms with van der Waals surface area (Å²) in [5.74, 6) is 1.17. The molecule has 7 nitrogen and oxygen atoms in total. The van der Waals surface area contributed by atoms with E-state index >= 15 is 0 Å². The van der Waals surface area contributed by atoms with Gasteiger partial charge in [-0.15, -0.1) is 0 Å². The van der Waals surface area contributed by atoms with Crippen molar-refractivity contribution >= 4 is 12.0 Å². The summed E-state index contributed by atoms with van der Waals surface area (Å²) in [4.78, 5) is 29.1. The van der Waals surface area contributed by atoms with Gasteiger partial charge in [0.1, 0.15) is 6.26 Å². The molecule has 114 valence electrons. The van der Waals surface area contributed by atoms with Crippen molar-refractivity contribution in [1.29, 1.82) is 0 Å². The van der Waals surface area contributed by atoms with Crippen LogP contribution in [0.5, 0.6) is 0 Å². The predicted octanol–water partition coefficient (Wildman–Crippen LogP) is 1.40. The first-order valence-corrected chi connectivity index (χ1v) is 7.25. The normalized spacial score (nSPS) is 24.0. The van der Waals surface area contributed by atoms with Crippen LogP contribution in [0.15, 0.2) is 10.7 Å². The maximum absolute atomic E-state index is 12.0. The molecular formula is C14H19N3O4. The molecule has 1 aliphatic heterocycles. The molecule has 7 heteroatoms. The first kappa shape index (κ1) is 13.9. The van der Waals surface area contributed by atoms with Gasteiger partial charge < -0.3 is 19.4 Å². The second-order valence-corrected chi connectivity index (χ2v) is 5.62. The number of likely N-dealkylation sites (tertiary alicyclic amines) is 1. The Labute approximate surface area is 122 Å². The first-order chi connectivity index (χ1) is 10.2. The van der Waals surface area contributed by atoms with Crippen molar-refractivity contribution in [1.82, 2.24) is 15.2 Å². The van der Waals surface area contributed by atoms with E-state index in [4.69, 9.17) is 9.15 Å². The number of aromatic nitrogens is 1. The molecule has 2 amide bonds. The Balaban J connectivity index is 1.50. The quantitative estimate of drug-likeness (QED) is 0.910. The van der Waals surface area contributed by atoms with Crippen molar-refractivity contribution < 1.29 is 18.7 Å². The van der Waals surface area contributed by atoms with E-state index in [9.17, 15) is 9.59 Å². The minimum atomic E-state index is -0.330. The Morgan fingerprint density at radius 1 is 1.43 bits per heavy atom. The van der Waals surface area contributed by atoms with E-state index in [2.05, 4.69) is 10.3 Å². The fourth-order valence-electron chi connectivity index (χ4n) is 3.21. The van der Waals surface area contributed by atoms with Gasteiger partial charge in [0.25, 0.3) is 5.91 Å². The topological polar surface area (TPSA) is 84.7 Å². The SMILES string of the molecule is CNC(=O)c1coc(COC(=O)N2CC3CCCC3C2)n1. The molecule has 1 aromatic heterocycles. The fraction of sp³-hybridized carbons (Fsp3) is 0.643. The van der Waals surface area contributed by atoms with Gasteiger partial charge in [-0.25, -0.2) is 9.78 Å². The van der Waals surface area contributed by atoms with Gasteiger partial charge in [-0.2, -0.15) is 0 Å². The van der Waals surface area contributed by atoms with Crippen molar-refractivity contribution in [3.63, 3.8) is 0 Å². The number of rotatable bonds is 3. The number of carbonyl (C=O) groups is 2. The van der Waals surface area contributed by atoms with Gasteiger partial charge in [-0.05, 0) is 24.7 Å². The minimum Gasteiger partial charge on any atom is -0.445 e. The van der Waals surface area contributed by atoms with Crippen molar-refractivity contribution in [3.8, 4) is 0 Å². The average Bonchev–Trinajstić information content (AvgIpc) is 3.18. The highest BCUT2D eigenvalue weighted by molar-refractivity contribution is 5.91. The smallest absolute Gasteiger partial charge is 0.410 e. The van der Waals surface area contributed by atoms with E-state index in [0.717, 1.165) is 13.1 Å². The Hall–Kier alpha value is -2.05. The van der Waals surface area contributed by atoms with E-state index in [1.165, 1.54) is 32.6 Å². The molecule has 2 aliphatic rings. The number of amides is 2. The van der Waals surface area contributed by atoms with Gasteiger partial charge >= 0.3 is 6.09 Å². The standard InChI is InChI=1S/C14H19N3O4/c1-15-13(18)11-7-20-12(16-11)8-21-14(19)17-5-9-3-2-4-10(9)6-17/h7,9-10H,2-6,8H2,1H3,(H,15,18). The zero-order valence-electron chi connectivity index (χ0n) is 12.0. The van der Waals surface area contributed by atoms with Crippen LogP contribution in [0.4, 0.5) is 4.79 Å². The molecule has 1 aliphatic carbocycles. The molecule has 2 atom stereocenters. The number of fused-ring (bicyclic) bond motifs is 1. The lowest BCUT2D eigenvalue weighted by molar-refractivity contribution is 0.0933. The Morgan fingerprint density at radius 3 is 2.81 bits per heavy atom. The number of oxazole rings is 1. The summed E-state index contributed by atoms with van der Waals surface area (Å²) in [6.07, 6.45) is 4.62. The monoisotopic (exact) mass is 293 g/mol. The Kier molecular flexibility index (Phi) is 3.81. The molecule has 1 saturated carbocycles. The molecule has 21 heavy (non-hydrogen) atoms. The van der Waals surface area contributed by atoms with Crippen molar-refractivity contribution in [2.75, 3.05) is 20.1 Å². The van der Waals surface area contributed by atoms with Gasteiger partial charge in [-0.3, -0.25) is 4.79 Å². The molecule has 0 bridgehead atoms. The van der Waals surface area contributed by atoms with Gasteiger partial charge in [-0.1, -0.05) is 6.42 Å². The van der Waals surface area contributed by atoms with Crippen LogP contribution in [0.1, 0.15) is 35.6 Å². The van der Waals surface area contributed by atoms with Crippen molar-refractivity contribution in [2.45, 2.75) is 25.9 Å². The predicted molar refractivity (Wildman–Crippen MR) is 72.5 cm³/mol. The lowest BCUT2D eigenvalue weighted by atomic mass is 10.0. The minimum absolute atomic E-state index is 0.0539. The maximum Gasteiger partial charge on any atom is 0.410 e. The Morgan fingerprint density at radius 2 is 2.14 bits per heavy atom. The van der Waals surface area contributed by atoms with Crippen molar-refractivity contribution in [3.05, 3.63) is 17.8 Å². The summed E-state index contributed by atoms with van der Waals surface area (Å²) in [5, 5.41) is 2.45. The number of hydrogen-bond donors (Lipinski definition) is 1. The van der Waals surface area contributed by atoms with E-state index in [0.29, 0.717) is 11.8 Å². The second-order valence-electron chi connectivity index (χ2n) is 5.62. The highest BCUT2D eigenvalue weighted by Gasteiger charge is 2.38. The van der Waals surface area contributed by atoms with E-state index < -0.39 is 0 Å². The third kappa shape index (κ3) is 2.86. The third-order valence-corrected chi connectivity index (χ3v) is 4.32. The zero-order chi connectivity index (χ0) is 14.8. The molecule has 1 N–H and O–H groups in total. The summed E-state index contributed by atoms with van der Waals surface area (Å²) in [7, 11) is 1.51. The molecule has 2 heterocycles. The fourth-order valence-corrected chi connectivity index (χ4v) is 3.21. The summed E-state index contributed by atoms with van der Waals surface area (Å²) in [6, 6.07) is 0. The lowest BCUT2D eigenvalue weighted by Gasteiger charge is -2.16. The summed E-state index contributed by atoms with van der Waals surface area (Å²) >= 11 is 0. The van der Waals surface area contributed by atoms with Crippen LogP contribution in [0.3, 0.4) is 0 Å². The van der Waals surface area contributed by atoms with Crippen LogP contribution >= 0.6 is 0 Å². The molecule has 0 aromatic carbocycles. The van der Waals surface area contributed by atoms with Crippen LogP contribution < -0.4 is 5.32 Å². The Bertz CT molecular complexity index is 530. The van der Waals surface area contributed by atoms with Crippen LogP contribution in [0.2, 0.25) is 0 Å². The van der Waals surface area contributed by atoms with E-state index in [-0.39, 0.29) is 30.2 Å². The molecule has 2 unspecified atom stereocenters. The van der Waals surface area contributed by atoms with Crippen molar-refractivity contribution in [2.24, 2.45) is 11.8 Å². The molecule has 2 fully saturated rings. The van der Waals surface area contributed by atoms with Crippen LogP contribution in [-0.2, 0) is 11.3 Å². The number of ether oxygens (including phenoxy) is 1. The molecule has 0 radical (unpaired) electrons. The number of carbonyl (C=O) groups excluding carboxylic acids is 2. The highest BCUT2D eigenvalue weighted by Crippen LogP contribution is 2.37. The third-order valence-electron chi connectivity index (χ3n) is 4.32. The maximum atomic E-state index is 12.0. The molecule has 1 aromatic rings. The van der Waals surface area contributed by atoms with E-state index in [1.807, 2.05) is 0 Å². The average molecular weight is 293 g/mol. The van der Waals surface area contributed by atoms with Gasteiger partial charge in [0.15, 0.2) is 12.3 Å². The van der Waals surface area contributed by atoms with Crippen LogP contribution in [-0.4, -0.2) is 42.0 Å². The second kappa shape index (κ2) is 5.75. The lowest BCUT2D eigenvalue weighted by Crippen LogP contribution is -2.30. The van der Waals surface area contributed by atoms with Gasteiger partial charge in [0.05, 0.1) is 0 Å². The summed E-state index contributed by atoms with van der Waals surface area (Å²) in [6.45, 7) is 1.53. The van der Waals surface area contributed by atoms with Gasteiger partial charge in [0, 0.05) is 20.1 Å².